The highest BCUT2D eigenvalue weighted by atomic mass is 32.1. The van der Waals surface area contributed by atoms with Crippen LogP contribution in [-0.4, -0.2) is 10.9 Å². The van der Waals surface area contributed by atoms with Gasteiger partial charge >= 0.3 is 0 Å². The Morgan fingerprint density at radius 1 is 1.00 bits per heavy atom. The van der Waals surface area contributed by atoms with E-state index in [0.29, 0.717) is 11.6 Å². The van der Waals surface area contributed by atoms with Gasteiger partial charge in [0.15, 0.2) is 5.13 Å². The normalized spacial score (nSPS) is 10.7. The van der Waals surface area contributed by atoms with E-state index in [1.165, 1.54) is 28.0 Å². The summed E-state index contributed by atoms with van der Waals surface area (Å²) in [4.78, 5) is 16.9. The lowest BCUT2D eigenvalue weighted by atomic mass is 10.0. The van der Waals surface area contributed by atoms with E-state index in [-0.39, 0.29) is 5.91 Å². The van der Waals surface area contributed by atoms with E-state index in [0.717, 1.165) is 22.4 Å². The third-order valence-electron chi connectivity index (χ3n) is 4.40. The minimum Gasteiger partial charge on any atom is -0.302 e. The third-order valence-corrected chi connectivity index (χ3v) is 5.16. The summed E-state index contributed by atoms with van der Waals surface area (Å²) in [5.74, 6) is -0.0343. The van der Waals surface area contributed by atoms with E-state index in [9.17, 15) is 4.79 Å². The zero-order chi connectivity index (χ0) is 18.0. The molecule has 1 aromatic heterocycles. The molecule has 3 aromatic rings. The Kier molecular flexibility index (Phi) is 5.00. The molecule has 2 aromatic carbocycles. The molecule has 1 amide bonds. The van der Waals surface area contributed by atoms with Crippen molar-refractivity contribution in [2.45, 2.75) is 34.1 Å². The molecule has 3 rings (SSSR count). The zero-order valence-electron chi connectivity index (χ0n) is 15.0. The lowest BCUT2D eigenvalue weighted by Gasteiger charge is -2.06. The Morgan fingerprint density at radius 2 is 1.80 bits per heavy atom. The highest BCUT2D eigenvalue weighted by Crippen LogP contribution is 2.26. The number of thiazole rings is 1. The van der Waals surface area contributed by atoms with Crippen molar-refractivity contribution in [2.24, 2.45) is 0 Å². The second-order valence-corrected chi connectivity index (χ2v) is 7.35. The predicted molar refractivity (Wildman–Crippen MR) is 105 cm³/mol. The van der Waals surface area contributed by atoms with Gasteiger partial charge in [0, 0.05) is 10.9 Å². The second kappa shape index (κ2) is 7.19. The summed E-state index contributed by atoms with van der Waals surface area (Å²) in [5.41, 5.74) is 7.88. The first-order valence-electron chi connectivity index (χ1n) is 8.31. The third kappa shape index (κ3) is 4.15. The summed E-state index contributed by atoms with van der Waals surface area (Å²) in [6, 6.07) is 12.5. The van der Waals surface area contributed by atoms with Crippen molar-refractivity contribution in [3.63, 3.8) is 0 Å². The van der Waals surface area contributed by atoms with E-state index in [1.807, 2.05) is 24.4 Å². The average Bonchev–Trinajstić information content (AvgIpc) is 3.01. The van der Waals surface area contributed by atoms with Crippen molar-refractivity contribution in [1.82, 2.24) is 4.98 Å². The maximum atomic E-state index is 12.3. The molecule has 25 heavy (non-hydrogen) atoms. The Bertz CT molecular complexity index is 927. The van der Waals surface area contributed by atoms with Gasteiger partial charge in [-0.15, -0.1) is 11.3 Å². The van der Waals surface area contributed by atoms with E-state index in [2.05, 4.69) is 55.3 Å². The molecule has 1 N–H and O–H groups in total. The van der Waals surface area contributed by atoms with Crippen LogP contribution in [0.25, 0.3) is 11.3 Å². The fourth-order valence-electron chi connectivity index (χ4n) is 2.75. The molecule has 0 atom stereocenters. The highest BCUT2D eigenvalue weighted by molar-refractivity contribution is 7.14. The molecule has 4 heteroatoms. The van der Waals surface area contributed by atoms with Gasteiger partial charge in [0.05, 0.1) is 12.1 Å². The van der Waals surface area contributed by atoms with Gasteiger partial charge in [-0.1, -0.05) is 35.9 Å². The molecule has 0 fully saturated rings. The first-order chi connectivity index (χ1) is 11.9. The lowest BCUT2D eigenvalue weighted by molar-refractivity contribution is -0.115. The van der Waals surface area contributed by atoms with E-state index in [4.69, 9.17) is 0 Å². The van der Waals surface area contributed by atoms with E-state index < -0.39 is 0 Å². The van der Waals surface area contributed by atoms with Gasteiger partial charge in [-0.3, -0.25) is 4.79 Å². The van der Waals surface area contributed by atoms with Crippen molar-refractivity contribution >= 4 is 22.4 Å². The van der Waals surface area contributed by atoms with Gasteiger partial charge in [0.2, 0.25) is 5.91 Å². The monoisotopic (exact) mass is 350 g/mol. The van der Waals surface area contributed by atoms with Crippen molar-refractivity contribution in [2.75, 3.05) is 5.32 Å². The van der Waals surface area contributed by atoms with Crippen LogP contribution in [0.3, 0.4) is 0 Å². The van der Waals surface area contributed by atoms with Crippen molar-refractivity contribution < 1.29 is 4.79 Å². The van der Waals surface area contributed by atoms with Crippen LogP contribution in [0.1, 0.15) is 27.8 Å². The largest absolute Gasteiger partial charge is 0.302 e. The molecule has 0 radical (unpaired) electrons. The maximum absolute atomic E-state index is 12.3. The average molecular weight is 350 g/mol. The molecule has 0 spiro atoms. The molecule has 0 bridgehead atoms. The van der Waals surface area contributed by atoms with Crippen molar-refractivity contribution in [1.29, 1.82) is 0 Å². The Morgan fingerprint density at radius 3 is 2.52 bits per heavy atom. The summed E-state index contributed by atoms with van der Waals surface area (Å²) in [7, 11) is 0. The number of rotatable bonds is 4. The van der Waals surface area contributed by atoms with Crippen LogP contribution in [-0.2, 0) is 11.2 Å². The SMILES string of the molecule is Cc1ccc(CC(=O)Nc2nc(-c3ccc(C)c(C)c3)cs2)c(C)c1. The number of benzene rings is 2. The highest BCUT2D eigenvalue weighted by Gasteiger charge is 2.10. The van der Waals surface area contributed by atoms with Gasteiger partial charge in [0.1, 0.15) is 0 Å². The molecule has 0 unspecified atom stereocenters. The molecule has 3 nitrogen and oxygen atoms in total. The van der Waals surface area contributed by atoms with Gasteiger partial charge in [-0.2, -0.15) is 0 Å². The standard InChI is InChI=1S/C21H22N2OS/c1-13-5-7-17(16(4)9-13)11-20(24)23-21-22-19(12-25-21)18-8-6-14(2)15(3)10-18/h5-10,12H,11H2,1-4H3,(H,22,23,24). The molecule has 1 heterocycles. The molecular formula is C21H22N2OS. The van der Waals surface area contributed by atoms with Gasteiger partial charge in [-0.25, -0.2) is 4.98 Å². The number of nitrogens with one attached hydrogen (secondary N) is 1. The number of hydrogen-bond donors (Lipinski definition) is 1. The number of carbonyl (C=O) groups excluding carboxylic acids is 1. The smallest absolute Gasteiger partial charge is 0.230 e. The maximum Gasteiger partial charge on any atom is 0.230 e. The van der Waals surface area contributed by atoms with Crippen LogP contribution < -0.4 is 5.32 Å². The van der Waals surface area contributed by atoms with Gasteiger partial charge in [0.25, 0.3) is 0 Å². The fourth-order valence-corrected chi connectivity index (χ4v) is 3.48. The quantitative estimate of drug-likeness (QED) is 0.700. The Labute approximate surface area is 152 Å². The van der Waals surface area contributed by atoms with E-state index >= 15 is 0 Å². The number of aryl methyl sites for hydroxylation is 4. The summed E-state index contributed by atoms with van der Waals surface area (Å²) >= 11 is 1.46. The molecule has 0 aliphatic heterocycles. The summed E-state index contributed by atoms with van der Waals surface area (Å²) in [6.07, 6.45) is 0.366. The summed E-state index contributed by atoms with van der Waals surface area (Å²) < 4.78 is 0. The zero-order valence-corrected chi connectivity index (χ0v) is 15.8. The number of amides is 1. The van der Waals surface area contributed by atoms with Crippen LogP contribution in [0.5, 0.6) is 0 Å². The number of hydrogen-bond acceptors (Lipinski definition) is 3. The summed E-state index contributed by atoms with van der Waals surface area (Å²) in [5, 5.41) is 5.54. The number of anilines is 1. The number of nitrogens with zero attached hydrogens (tertiary/aromatic N) is 1. The molecule has 0 aliphatic carbocycles. The fraction of sp³-hybridized carbons (Fsp3) is 0.238. The van der Waals surface area contributed by atoms with Crippen molar-refractivity contribution in [3.05, 3.63) is 69.6 Å². The van der Waals surface area contributed by atoms with E-state index in [1.54, 1.807) is 0 Å². The van der Waals surface area contributed by atoms with Crippen LogP contribution in [0, 0.1) is 27.7 Å². The number of carbonyl (C=O) groups is 1. The molecular weight excluding hydrogens is 328 g/mol. The minimum absolute atomic E-state index is 0.0343. The molecule has 0 saturated heterocycles. The minimum atomic E-state index is -0.0343. The Hall–Kier alpha value is -2.46. The van der Waals surface area contributed by atoms with Crippen LogP contribution in [0.2, 0.25) is 0 Å². The van der Waals surface area contributed by atoms with Crippen LogP contribution in [0.4, 0.5) is 5.13 Å². The molecule has 0 saturated carbocycles. The topological polar surface area (TPSA) is 42.0 Å². The first-order valence-corrected chi connectivity index (χ1v) is 9.19. The predicted octanol–water partition coefficient (Wildman–Crippen LogP) is 5.22. The van der Waals surface area contributed by atoms with Crippen molar-refractivity contribution in [3.8, 4) is 11.3 Å². The van der Waals surface area contributed by atoms with Gasteiger partial charge in [-0.05, 0) is 56.0 Å². The number of aromatic nitrogens is 1. The lowest BCUT2D eigenvalue weighted by Crippen LogP contribution is -2.14. The second-order valence-electron chi connectivity index (χ2n) is 6.49. The van der Waals surface area contributed by atoms with Gasteiger partial charge < -0.3 is 5.32 Å². The molecule has 128 valence electrons. The Balaban J connectivity index is 1.70. The van der Waals surface area contributed by atoms with Crippen LogP contribution >= 0.6 is 11.3 Å². The molecule has 0 aliphatic rings. The van der Waals surface area contributed by atoms with Crippen LogP contribution in [0.15, 0.2) is 41.8 Å². The first kappa shape index (κ1) is 17.4. The summed E-state index contributed by atoms with van der Waals surface area (Å²) in [6.45, 7) is 8.29.